The number of hydrogen-bond acceptors (Lipinski definition) is 5. The van der Waals surface area contributed by atoms with Crippen LogP contribution in [-0.4, -0.2) is 32.4 Å². The van der Waals surface area contributed by atoms with Gasteiger partial charge in [0.25, 0.3) is 11.1 Å². The molecule has 0 fully saturated rings. The summed E-state index contributed by atoms with van der Waals surface area (Å²) in [6.45, 7) is 3.33. The summed E-state index contributed by atoms with van der Waals surface area (Å²) in [5.74, 6) is 1.45. The molecule has 0 N–H and O–H groups in total. The van der Waals surface area contributed by atoms with Gasteiger partial charge < -0.3 is 13.9 Å². The molecule has 0 radical (unpaired) electrons. The highest BCUT2D eigenvalue weighted by Crippen LogP contribution is 2.28. The molecule has 0 aliphatic heterocycles. The molecule has 7 heteroatoms. The minimum Gasteiger partial charge on any atom is -0.431 e. The van der Waals surface area contributed by atoms with Gasteiger partial charge in [0.1, 0.15) is 11.3 Å². The topological polar surface area (TPSA) is 64.2 Å². The van der Waals surface area contributed by atoms with E-state index in [2.05, 4.69) is 22.5 Å². The first kappa shape index (κ1) is 21.3. The number of carbonyl (C=O) groups excluding carboxylic acids is 1. The third kappa shape index (κ3) is 4.24. The Balaban J connectivity index is 1.34. The number of rotatable bonds is 7. The molecule has 3 aromatic carbocycles. The van der Waals surface area contributed by atoms with Crippen LogP contribution in [0.1, 0.15) is 28.7 Å². The molecule has 1 amide bonds. The number of benzene rings is 3. The zero-order chi connectivity index (χ0) is 22.8. The monoisotopic (exact) mass is 456 g/mol. The van der Waals surface area contributed by atoms with E-state index in [0.29, 0.717) is 23.1 Å². The van der Waals surface area contributed by atoms with Crippen molar-refractivity contribution in [1.29, 1.82) is 0 Å². The summed E-state index contributed by atoms with van der Waals surface area (Å²) in [5, 5.41) is 0.600. The Kier molecular flexibility index (Phi) is 5.88. The Morgan fingerprint density at radius 1 is 0.970 bits per heavy atom. The van der Waals surface area contributed by atoms with Crippen LogP contribution in [0.3, 0.4) is 0 Å². The van der Waals surface area contributed by atoms with Crippen LogP contribution in [0, 0.1) is 0 Å². The van der Waals surface area contributed by atoms with Crippen LogP contribution in [0.15, 0.2) is 82.4 Å². The zero-order valence-electron chi connectivity index (χ0n) is 18.6. The van der Waals surface area contributed by atoms with E-state index in [4.69, 9.17) is 9.40 Å². The lowest BCUT2D eigenvalue weighted by Gasteiger charge is -2.19. The second kappa shape index (κ2) is 9.11. The van der Waals surface area contributed by atoms with Crippen LogP contribution < -0.4 is 0 Å². The molecule has 0 spiro atoms. The molecular weight excluding hydrogens is 432 g/mol. The van der Waals surface area contributed by atoms with Gasteiger partial charge in [-0.1, -0.05) is 54.2 Å². The smallest absolute Gasteiger partial charge is 0.257 e. The molecule has 0 unspecified atom stereocenters. The van der Waals surface area contributed by atoms with Crippen LogP contribution in [0.2, 0.25) is 0 Å². The van der Waals surface area contributed by atoms with E-state index < -0.39 is 0 Å². The number of imidazole rings is 1. The van der Waals surface area contributed by atoms with Gasteiger partial charge in [0.05, 0.1) is 17.6 Å². The van der Waals surface area contributed by atoms with Crippen LogP contribution in [0.4, 0.5) is 0 Å². The average Bonchev–Trinajstić information content (AvgIpc) is 3.42. The zero-order valence-corrected chi connectivity index (χ0v) is 19.4. The molecular formula is C26H24N4O2S. The number of aryl methyl sites for hydroxylation is 1. The van der Waals surface area contributed by atoms with Gasteiger partial charge in [-0.2, -0.15) is 0 Å². The van der Waals surface area contributed by atoms with Crippen LogP contribution in [0.5, 0.6) is 0 Å². The van der Waals surface area contributed by atoms with Gasteiger partial charge in [0.15, 0.2) is 5.58 Å². The summed E-state index contributed by atoms with van der Waals surface area (Å²) < 4.78 is 7.98. The van der Waals surface area contributed by atoms with E-state index >= 15 is 0 Å². The number of oxazole rings is 1. The van der Waals surface area contributed by atoms with E-state index in [-0.39, 0.29) is 5.91 Å². The fourth-order valence-corrected chi connectivity index (χ4v) is 4.84. The van der Waals surface area contributed by atoms with Crippen molar-refractivity contribution in [2.24, 2.45) is 0 Å². The predicted molar refractivity (Wildman–Crippen MR) is 131 cm³/mol. The fourth-order valence-electron chi connectivity index (χ4n) is 4.00. The quantitative estimate of drug-likeness (QED) is 0.291. The molecule has 5 rings (SSSR count). The van der Waals surface area contributed by atoms with Gasteiger partial charge in [-0.15, -0.1) is 0 Å². The number of fused-ring (bicyclic) bond motifs is 2. The Labute approximate surface area is 196 Å². The van der Waals surface area contributed by atoms with Crippen molar-refractivity contribution in [2.75, 3.05) is 7.05 Å². The molecule has 5 aromatic rings. The van der Waals surface area contributed by atoms with Crippen molar-refractivity contribution >= 4 is 39.8 Å². The number of hydrogen-bond donors (Lipinski definition) is 0. The molecule has 2 heterocycles. The number of nitrogens with zero attached hydrogens (tertiary/aromatic N) is 4. The summed E-state index contributed by atoms with van der Waals surface area (Å²) in [6, 6.07) is 23.5. The third-order valence-electron chi connectivity index (χ3n) is 5.65. The molecule has 2 aromatic heterocycles. The normalized spacial score (nSPS) is 11.3. The lowest BCUT2D eigenvalue weighted by atomic mass is 10.1. The molecule has 0 atom stereocenters. The summed E-state index contributed by atoms with van der Waals surface area (Å²) in [7, 11) is 1.83. The van der Waals surface area contributed by atoms with Crippen molar-refractivity contribution < 1.29 is 9.21 Å². The highest BCUT2D eigenvalue weighted by molar-refractivity contribution is 7.98. The lowest BCUT2D eigenvalue weighted by Crippen LogP contribution is -2.28. The lowest BCUT2D eigenvalue weighted by molar-refractivity contribution is 0.0779. The number of para-hydroxylation sites is 4. The number of amides is 1. The summed E-state index contributed by atoms with van der Waals surface area (Å²) in [4.78, 5) is 24.4. The predicted octanol–water partition coefficient (Wildman–Crippen LogP) is 5.76. The average molecular weight is 457 g/mol. The minimum absolute atomic E-state index is 0.0292. The van der Waals surface area contributed by atoms with Gasteiger partial charge >= 0.3 is 0 Å². The summed E-state index contributed by atoms with van der Waals surface area (Å²) in [5.41, 5.74) is 5.27. The Morgan fingerprint density at radius 3 is 2.52 bits per heavy atom. The maximum atomic E-state index is 13.4. The van der Waals surface area contributed by atoms with E-state index in [1.807, 2.05) is 73.8 Å². The molecule has 0 saturated heterocycles. The van der Waals surface area contributed by atoms with Crippen molar-refractivity contribution in [2.45, 2.75) is 31.0 Å². The highest BCUT2D eigenvalue weighted by atomic mass is 32.2. The SMILES string of the molecule is CCn1c(CN(C)C(=O)c2ccccc2CSc2nc3ccccc3o2)nc2ccccc21. The van der Waals surface area contributed by atoms with Crippen LogP contribution in [-0.2, 0) is 18.8 Å². The van der Waals surface area contributed by atoms with E-state index in [1.165, 1.54) is 11.8 Å². The summed E-state index contributed by atoms with van der Waals surface area (Å²) >= 11 is 1.49. The first-order valence-corrected chi connectivity index (χ1v) is 11.9. The maximum absolute atomic E-state index is 13.4. The molecule has 0 aliphatic carbocycles. The number of carbonyl (C=O) groups is 1. The van der Waals surface area contributed by atoms with Gasteiger partial charge in [0.2, 0.25) is 0 Å². The largest absolute Gasteiger partial charge is 0.431 e. The summed E-state index contributed by atoms with van der Waals surface area (Å²) in [6.07, 6.45) is 0. The Hall–Kier alpha value is -3.58. The second-order valence-corrected chi connectivity index (χ2v) is 8.74. The van der Waals surface area contributed by atoms with Gasteiger partial charge in [-0.3, -0.25) is 4.79 Å². The van der Waals surface area contributed by atoms with Gasteiger partial charge in [0, 0.05) is 24.9 Å². The number of thioether (sulfide) groups is 1. The number of aromatic nitrogens is 3. The standard InChI is InChI=1S/C26H24N4O2S/c1-3-30-22-14-8-6-12-20(22)27-24(30)16-29(2)25(31)19-11-5-4-10-18(19)17-33-26-28-21-13-7-9-15-23(21)32-26/h4-15H,3,16-17H2,1-2H3. The van der Waals surface area contributed by atoms with E-state index in [0.717, 1.165) is 40.1 Å². The van der Waals surface area contributed by atoms with Gasteiger partial charge in [-0.25, -0.2) is 9.97 Å². The van der Waals surface area contributed by atoms with Crippen LogP contribution in [0.25, 0.3) is 22.1 Å². The minimum atomic E-state index is -0.0292. The van der Waals surface area contributed by atoms with Crippen molar-refractivity contribution in [3.8, 4) is 0 Å². The fraction of sp³-hybridized carbons (Fsp3) is 0.192. The van der Waals surface area contributed by atoms with E-state index in [9.17, 15) is 4.79 Å². The molecule has 6 nitrogen and oxygen atoms in total. The molecule has 0 aliphatic rings. The second-order valence-electron chi connectivity index (χ2n) is 7.82. The highest BCUT2D eigenvalue weighted by Gasteiger charge is 2.19. The van der Waals surface area contributed by atoms with Crippen LogP contribution >= 0.6 is 11.8 Å². The molecule has 0 bridgehead atoms. The Bertz CT molecular complexity index is 1410. The first-order chi connectivity index (χ1) is 16.1. The third-order valence-corrected chi connectivity index (χ3v) is 6.53. The molecule has 0 saturated carbocycles. The molecule has 33 heavy (non-hydrogen) atoms. The first-order valence-electron chi connectivity index (χ1n) is 10.9. The molecule has 166 valence electrons. The van der Waals surface area contributed by atoms with Gasteiger partial charge in [-0.05, 0) is 42.8 Å². The van der Waals surface area contributed by atoms with Crippen molar-refractivity contribution in [3.05, 3.63) is 89.7 Å². The van der Waals surface area contributed by atoms with E-state index in [1.54, 1.807) is 4.90 Å². The van der Waals surface area contributed by atoms with Crippen molar-refractivity contribution in [3.63, 3.8) is 0 Å². The maximum Gasteiger partial charge on any atom is 0.257 e. The van der Waals surface area contributed by atoms with Crippen molar-refractivity contribution in [1.82, 2.24) is 19.4 Å². The Morgan fingerprint density at radius 2 is 1.70 bits per heavy atom.